The number of hydrogen-bond donors (Lipinski definition) is 0. The number of fused-ring (bicyclic) bond motifs is 1. The summed E-state index contributed by atoms with van der Waals surface area (Å²) in [6.07, 6.45) is 1.59. The van der Waals surface area contributed by atoms with Gasteiger partial charge in [-0.3, -0.25) is 4.79 Å². The van der Waals surface area contributed by atoms with Gasteiger partial charge in [0.2, 0.25) is 5.78 Å². The van der Waals surface area contributed by atoms with Gasteiger partial charge in [0.1, 0.15) is 5.75 Å². The second kappa shape index (κ2) is 8.60. The molecule has 5 nitrogen and oxygen atoms in total. The van der Waals surface area contributed by atoms with Crippen LogP contribution in [0.3, 0.4) is 0 Å². The van der Waals surface area contributed by atoms with Crippen molar-refractivity contribution in [3.63, 3.8) is 0 Å². The highest BCUT2D eigenvalue weighted by atomic mass is 35.5. The van der Waals surface area contributed by atoms with E-state index in [-0.39, 0.29) is 11.7 Å². The molecule has 3 aromatic carbocycles. The fourth-order valence-electron chi connectivity index (χ4n) is 4.07. The molecule has 5 rings (SSSR count). The van der Waals surface area contributed by atoms with Gasteiger partial charge in [-0.15, -0.1) is 0 Å². The first-order chi connectivity index (χ1) is 16.0. The molecule has 5 aromatic rings. The van der Waals surface area contributed by atoms with Gasteiger partial charge in [0.25, 0.3) is 5.89 Å². The van der Waals surface area contributed by atoms with Crippen LogP contribution in [0.25, 0.3) is 22.2 Å². The van der Waals surface area contributed by atoms with Gasteiger partial charge < -0.3 is 13.7 Å². The van der Waals surface area contributed by atoms with E-state index in [1.807, 2.05) is 79.7 Å². The predicted octanol–water partition coefficient (Wildman–Crippen LogP) is 6.55. The summed E-state index contributed by atoms with van der Waals surface area (Å²) in [6, 6.07) is 23.1. The molecule has 0 aliphatic rings. The van der Waals surface area contributed by atoms with Crippen LogP contribution >= 0.6 is 11.6 Å². The number of benzene rings is 3. The van der Waals surface area contributed by atoms with Crippen LogP contribution in [0.4, 0.5) is 0 Å². The van der Waals surface area contributed by atoms with Crippen molar-refractivity contribution in [2.45, 2.75) is 13.5 Å². The lowest BCUT2D eigenvalue weighted by Gasteiger charge is -2.09. The number of carbonyl (C=O) groups is 1. The van der Waals surface area contributed by atoms with Crippen LogP contribution in [0, 0.1) is 6.92 Å². The molecule has 0 bridgehead atoms. The first-order valence-electron chi connectivity index (χ1n) is 10.5. The molecule has 33 heavy (non-hydrogen) atoms. The Bertz CT molecular complexity index is 1450. The van der Waals surface area contributed by atoms with Crippen molar-refractivity contribution in [1.82, 2.24) is 9.55 Å². The first kappa shape index (κ1) is 21.0. The molecule has 0 unspecified atom stereocenters. The highest BCUT2D eigenvalue weighted by molar-refractivity contribution is 6.30. The van der Waals surface area contributed by atoms with Gasteiger partial charge in [-0.25, -0.2) is 4.98 Å². The lowest BCUT2D eigenvalue weighted by atomic mass is 10.1. The van der Waals surface area contributed by atoms with Crippen LogP contribution in [0.1, 0.15) is 27.5 Å². The molecule has 6 heteroatoms. The molecule has 0 saturated carbocycles. The maximum absolute atomic E-state index is 13.6. The standard InChI is InChI=1S/C27H21ClN2O3/c1-17-25(26(31)27-29-15-24(33-27)19-6-4-3-5-7-19)22-14-21(32-2)12-13-23(22)30(17)16-18-8-10-20(28)11-9-18/h3-15H,16H2,1-2H3. The van der Waals surface area contributed by atoms with Crippen molar-refractivity contribution in [3.05, 3.63) is 107 Å². The Kier molecular flexibility index (Phi) is 5.48. The van der Waals surface area contributed by atoms with E-state index >= 15 is 0 Å². The maximum Gasteiger partial charge on any atom is 0.268 e. The Morgan fingerprint density at radius 1 is 1.06 bits per heavy atom. The molecule has 0 aliphatic heterocycles. The number of oxazole rings is 1. The summed E-state index contributed by atoms with van der Waals surface area (Å²) in [5, 5.41) is 1.48. The fourth-order valence-corrected chi connectivity index (χ4v) is 4.20. The van der Waals surface area contributed by atoms with E-state index in [0.717, 1.165) is 27.7 Å². The summed E-state index contributed by atoms with van der Waals surface area (Å²) < 4.78 is 13.4. The molecular formula is C27H21ClN2O3. The lowest BCUT2D eigenvalue weighted by Crippen LogP contribution is -2.06. The number of methoxy groups -OCH3 is 1. The molecule has 0 aliphatic carbocycles. The third kappa shape index (κ3) is 3.92. The highest BCUT2D eigenvalue weighted by Gasteiger charge is 2.25. The minimum Gasteiger partial charge on any atom is -0.497 e. The third-order valence-electron chi connectivity index (χ3n) is 5.77. The van der Waals surface area contributed by atoms with Crippen molar-refractivity contribution in [1.29, 1.82) is 0 Å². The molecule has 164 valence electrons. The topological polar surface area (TPSA) is 57.3 Å². The molecule has 2 aromatic heterocycles. The summed E-state index contributed by atoms with van der Waals surface area (Å²) in [7, 11) is 1.61. The van der Waals surface area contributed by atoms with Crippen LogP contribution in [0.2, 0.25) is 5.02 Å². The smallest absolute Gasteiger partial charge is 0.268 e. The average Bonchev–Trinajstić information content (AvgIpc) is 3.44. The highest BCUT2D eigenvalue weighted by Crippen LogP contribution is 2.32. The van der Waals surface area contributed by atoms with Crippen LogP contribution < -0.4 is 4.74 Å². The number of nitrogens with zero attached hydrogens (tertiary/aromatic N) is 2. The zero-order chi connectivity index (χ0) is 22.9. The van der Waals surface area contributed by atoms with Gasteiger partial charge in [0.15, 0.2) is 5.76 Å². The van der Waals surface area contributed by atoms with Gasteiger partial charge in [0, 0.05) is 33.7 Å². The molecule has 0 atom stereocenters. The van der Waals surface area contributed by atoms with Gasteiger partial charge in [0.05, 0.1) is 18.9 Å². The number of ether oxygens (including phenoxy) is 1. The Balaban J connectivity index is 1.61. The van der Waals surface area contributed by atoms with Crippen LogP contribution in [0.15, 0.2) is 83.4 Å². The third-order valence-corrected chi connectivity index (χ3v) is 6.02. The Labute approximate surface area is 196 Å². The Hall–Kier alpha value is -3.83. The average molecular weight is 457 g/mol. The second-order valence-corrected chi connectivity index (χ2v) is 8.22. The van der Waals surface area contributed by atoms with Gasteiger partial charge >= 0.3 is 0 Å². The van der Waals surface area contributed by atoms with E-state index in [0.29, 0.717) is 28.6 Å². The summed E-state index contributed by atoms with van der Waals surface area (Å²) >= 11 is 6.05. The Morgan fingerprint density at radius 3 is 2.55 bits per heavy atom. The minimum absolute atomic E-state index is 0.0605. The molecule has 0 radical (unpaired) electrons. The molecule has 0 fully saturated rings. The van der Waals surface area contributed by atoms with E-state index in [4.69, 9.17) is 20.8 Å². The molecular weight excluding hydrogens is 436 g/mol. The van der Waals surface area contributed by atoms with E-state index < -0.39 is 0 Å². The molecule has 0 amide bonds. The number of ketones is 1. The van der Waals surface area contributed by atoms with Crippen molar-refractivity contribution in [2.24, 2.45) is 0 Å². The van der Waals surface area contributed by atoms with Crippen LogP contribution in [-0.4, -0.2) is 22.4 Å². The molecule has 2 heterocycles. The quantitative estimate of drug-likeness (QED) is 0.272. The van der Waals surface area contributed by atoms with E-state index in [2.05, 4.69) is 9.55 Å². The van der Waals surface area contributed by atoms with Crippen molar-refractivity contribution >= 4 is 28.3 Å². The van der Waals surface area contributed by atoms with Gasteiger partial charge in [-0.2, -0.15) is 0 Å². The minimum atomic E-state index is -0.261. The molecule has 0 spiro atoms. The summed E-state index contributed by atoms with van der Waals surface area (Å²) in [5.74, 6) is 1.03. The van der Waals surface area contributed by atoms with Gasteiger partial charge in [-0.05, 0) is 42.8 Å². The SMILES string of the molecule is COc1ccc2c(c1)c(C(=O)c1ncc(-c3ccccc3)o1)c(C)n2Cc1ccc(Cl)cc1. The number of carbonyl (C=O) groups excluding carboxylic acids is 1. The molecule has 0 saturated heterocycles. The van der Waals surface area contributed by atoms with Crippen molar-refractivity contribution in [2.75, 3.05) is 7.11 Å². The molecule has 0 N–H and O–H groups in total. The fraction of sp³-hybridized carbons (Fsp3) is 0.111. The van der Waals surface area contributed by atoms with Gasteiger partial charge in [-0.1, -0.05) is 54.1 Å². The van der Waals surface area contributed by atoms with E-state index in [1.54, 1.807) is 13.3 Å². The van der Waals surface area contributed by atoms with Crippen molar-refractivity contribution < 1.29 is 13.9 Å². The van der Waals surface area contributed by atoms with E-state index in [9.17, 15) is 4.79 Å². The second-order valence-electron chi connectivity index (χ2n) is 7.78. The van der Waals surface area contributed by atoms with Crippen LogP contribution in [-0.2, 0) is 6.54 Å². The maximum atomic E-state index is 13.6. The first-order valence-corrected chi connectivity index (χ1v) is 10.9. The Morgan fingerprint density at radius 2 is 1.82 bits per heavy atom. The van der Waals surface area contributed by atoms with Crippen LogP contribution in [0.5, 0.6) is 5.75 Å². The number of hydrogen-bond acceptors (Lipinski definition) is 4. The number of aromatic nitrogens is 2. The normalized spacial score (nSPS) is 11.1. The zero-order valence-electron chi connectivity index (χ0n) is 18.2. The lowest BCUT2D eigenvalue weighted by molar-refractivity contribution is 0.100. The summed E-state index contributed by atoms with van der Waals surface area (Å²) in [4.78, 5) is 17.9. The number of halogens is 1. The number of rotatable bonds is 6. The summed E-state index contributed by atoms with van der Waals surface area (Å²) in [6.45, 7) is 2.54. The largest absolute Gasteiger partial charge is 0.497 e. The predicted molar refractivity (Wildman–Crippen MR) is 129 cm³/mol. The zero-order valence-corrected chi connectivity index (χ0v) is 19.0. The summed E-state index contributed by atoms with van der Waals surface area (Å²) in [5.41, 5.74) is 4.27. The van der Waals surface area contributed by atoms with E-state index in [1.165, 1.54) is 0 Å². The monoisotopic (exact) mass is 456 g/mol. The van der Waals surface area contributed by atoms with Crippen molar-refractivity contribution in [3.8, 4) is 17.1 Å².